The van der Waals surface area contributed by atoms with Gasteiger partial charge in [-0.3, -0.25) is 4.79 Å². The lowest BCUT2D eigenvalue weighted by Gasteiger charge is -2.24. The lowest BCUT2D eigenvalue weighted by molar-refractivity contribution is -0.123. The van der Waals surface area contributed by atoms with E-state index in [0.29, 0.717) is 0 Å². The Bertz CT molecular complexity index is 179. The van der Waals surface area contributed by atoms with Crippen molar-refractivity contribution in [1.82, 2.24) is 5.32 Å². The zero-order valence-corrected chi connectivity index (χ0v) is 8.79. The zero-order valence-electron chi connectivity index (χ0n) is 8.79. The Morgan fingerprint density at radius 3 is 2.79 bits per heavy atom. The summed E-state index contributed by atoms with van der Waals surface area (Å²) >= 11 is 0. The molecule has 0 spiro atoms. The Morgan fingerprint density at radius 2 is 2.21 bits per heavy atom. The van der Waals surface area contributed by atoms with Gasteiger partial charge in [0.25, 0.3) is 0 Å². The minimum Gasteiger partial charge on any atom is -0.381 e. The molecule has 1 atom stereocenters. The molecule has 0 radical (unpaired) electrons. The molecule has 0 aliphatic carbocycles. The van der Waals surface area contributed by atoms with Crippen molar-refractivity contribution in [2.24, 2.45) is 5.73 Å². The van der Waals surface area contributed by atoms with E-state index in [2.05, 4.69) is 5.32 Å². The van der Waals surface area contributed by atoms with Gasteiger partial charge >= 0.3 is 0 Å². The van der Waals surface area contributed by atoms with Crippen molar-refractivity contribution in [2.45, 2.75) is 44.7 Å². The maximum absolute atomic E-state index is 11.5. The van der Waals surface area contributed by atoms with Crippen LogP contribution in [0.5, 0.6) is 0 Å². The van der Waals surface area contributed by atoms with Gasteiger partial charge in [-0.1, -0.05) is 13.3 Å². The van der Waals surface area contributed by atoms with Crippen molar-refractivity contribution in [3.63, 3.8) is 0 Å². The van der Waals surface area contributed by atoms with Crippen LogP contribution in [0.3, 0.4) is 0 Å². The smallest absolute Gasteiger partial charge is 0.237 e. The first-order valence-corrected chi connectivity index (χ1v) is 5.37. The minimum absolute atomic E-state index is 0.0150. The summed E-state index contributed by atoms with van der Waals surface area (Å²) in [6, 6.07) is -0.0815. The molecule has 14 heavy (non-hydrogen) atoms. The largest absolute Gasteiger partial charge is 0.381 e. The molecule has 0 aromatic heterocycles. The molecule has 1 aliphatic rings. The highest BCUT2D eigenvalue weighted by molar-refractivity contribution is 5.81. The van der Waals surface area contributed by atoms with Gasteiger partial charge < -0.3 is 15.8 Å². The van der Waals surface area contributed by atoms with Crippen LogP contribution in [0.15, 0.2) is 0 Å². The van der Waals surface area contributed by atoms with Crippen molar-refractivity contribution in [3.8, 4) is 0 Å². The summed E-state index contributed by atoms with van der Waals surface area (Å²) in [4.78, 5) is 11.5. The van der Waals surface area contributed by atoms with E-state index < -0.39 is 0 Å². The third kappa shape index (κ3) is 3.64. The highest BCUT2D eigenvalue weighted by Gasteiger charge is 2.19. The molecule has 0 aromatic rings. The number of carbonyl (C=O) groups is 1. The Kier molecular flexibility index (Phi) is 4.90. The van der Waals surface area contributed by atoms with Crippen LogP contribution in [-0.2, 0) is 9.53 Å². The highest BCUT2D eigenvalue weighted by atomic mass is 16.5. The lowest BCUT2D eigenvalue weighted by atomic mass is 10.1. The van der Waals surface area contributed by atoms with Crippen molar-refractivity contribution in [1.29, 1.82) is 0 Å². The Hall–Kier alpha value is -0.610. The summed E-state index contributed by atoms with van der Waals surface area (Å²) in [6.45, 7) is 3.52. The molecule has 1 amide bonds. The van der Waals surface area contributed by atoms with Gasteiger partial charge in [0.2, 0.25) is 5.91 Å². The highest BCUT2D eigenvalue weighted by Crippen LogP contribution is 2.06. The van der Waals surface area contributed by atoms with Crippen LogP contribution in [0, 0.1) is 0 Å². The van der Waals surface area contributed by atoms with E-state index in [1.807, 2.05) is 6.92 Å². The van der Waals surface area contributed by atoms with Gasteiger partial charge in [0.1, 0.15) is 0 Å². The monoisotopic (exact) mass is 200 g/mol. The average Bonchev–Trinajstić information content (AvgIpc) is 2.19. The first kappa shape index (κ1) is 11.5. The fourth-order valence-corrected chi connectivity index (χ4v) is 1.59. The first-order chi connectivity index (χ1) is 6.74. The Balaban J connectivity index is 2.24. The van der Waals surface area contributed by atoms with Crippen LogP contribution in [0.2, 0.25) is 0 Å². The Morgan fingerprint density at radius 1 is 1.57 bits per heavy atom. The van der Waals surface area contributed by atoms with E-state index in [4.69, 9.17) is 10.5 Å². The molecule has 4 heteroatoms. The second kappa shape index (κ2) is 5.98. The number of carbonyl (C=O) groups excluding carboxylic acids is 1. The van der Waals surface area contributed by atoms with E-state index in [1.165, 1.54) is 0 Å². The predicted molar refractivity (Wildman–Crippen MR) is 54.9 cm³/mol. The van der Waals surface area contributed by atoms with E-state index in [9.17, 15) is 4.79 Å². The van der Waals surface area contributed by atoms with E-state index in [1.54, 1.807) is 0 Å². The quantitative estimate of drug-likeness (QED) is 0.691. The molecule has 82 valence electrons. The molecule has 1 rings (SSSR count). The van der Waals surface area contributed by atoms with Crippen LogP contribution in [-0.4, -0.2) is 31.2 Å². The van der Waals surface area contributed by atoms with Crippen molar-refractivity contribution < 1.29 is 9.53 Å². The van der Waals surface area contributed by atoms with Crippen LogP contribution in [0.25, 0.3) is 0 Å². The molecule has 3 N–H and O–H groups in total. The number of hydrogen-bond donors (Lipinski definition) is 2. The van der Waals surface area contributed by atoms with Crippen LogP contribution >= 0.6 is 0 Å². The van der Waals surface area contributed by atoms with Gasteiger partial charge in [0, 0.05) is 19.3 Å². The number of hydrogen-bond acceptors (Lipinski definition) is 3. The fourth-order valence-electron chi connectivity index (χ4n) is 1.59. The standard InChI is InChI=1S/C10H20N2O2/c1-2-3-9(11)10(13)12-8-4-6-14-7-5-8/h8-9H,2-7,11H2,1H3,(H,12,13). The summed E-state index contributed by atoms with van der Waals surface area (Å²) in [5, 5.41) is 2.96. The van der Waals surface area contributed by atoms with Gasteiger partial charge in [-0.15, -0.1) is 0 Å². The molecule has 4 nitrogen and oxygen atoms in total. The Labute approximate surface area is 85.2 Å². The second-order valence-corrected chi connectivity index (χ2v) is 3.79. The van der Waals surface area contributed by atoms with Crippen LogP contribution < -0.4 is 11.1 Å². The topological polar surface area (TPSA) is 64.4 Å². The summed E-state index contributed by atoms with van der Waals surface area (Å²) < 4.78 is 5.21. The van der Waals surface area contributed by atoms with E-state index in [0.717, 1.165) is 38.9 Å². The molecular weight excluding hydrogens is 180 g/mol. The molecule has 0 saturated carbocycles. The molecule has 1 unspecified atom stereocenters. The summed E-state index contributed by atoms with van der Waals surface area (Å²) in [7, 11) is 0. The van der Waals surface area contributed by atoms with Gasteiger partial charge in [-0.2, -0.15) is 0 Å². The van der Waals surface area contributed by atoms with Gasteiger partial charge in [-0.05, 0) is 19.3 Å². The number of nitrogens with two attached hydrogens (primary N) is 1. The normalized spacial score (nSPS) is 20.4. The van der Waals surface area contributed by atoms with Gasteiger partial charge in [0.15, 0.2) is 0 Å². The van der Waals surface area contributed by atoms with Crippen LogP contribution in [0.4, 0.5) is 0 Å². The molecule has 1 saturated heterocycles. The summed E-state index contributed by atoms with van der Waals surface area (Å²) in [5.41, 5.74) is 5.70. The first-order valence-electron chi connectivity index (χ1n) is 5.37. The zero-order chi connectivity index (χ0) is 10.4. The molecule has 0 bridgehead atoms. The maximum atomic E-state index is 11.5. The fraction of sp³-hybridized carbons (Fsp3) is 0.900. The van der Waals surface area contributed by atoms with E-state index >= 15 is 0 Å². The molecule has 0 aromatic carbocycles. The second-order valence-electron chi connectivity index (χ2n) is 3.79. The minimum atomic E-state index is -0.345. The molecule has 1 heterocycles. The molecule has 1 aliphatic heterocycles. The average molecular weight is 200 g/mol. The third-order valence-electron chi connectivity index (χ3n) is 2.50. The van der Waals surface area contributed by atoms with Crippen molar-refractivity contribution in [2.75, 3.05) is 13.2 Å². The maximum Gasteiger partial charge on any atom is 0.237 e. The van der Waals surface area contributed by atoms with E-state index in [-0.39, 0.29) is 18.0 Å². The number of rotatable bonds is 4. The SMILES string of the molecule is CCCC(N)C(=O)NC1CCOCC1. The summed E-state index contributed by atoms with van der Waals surface area (Å²) in [5.74, 6) is -0.0150. The van der Waals surface area contributed by atoms with Gasteiger partial charge in [-0.25, -0.2) is 0 Å². The predicted octanol–water partition coefficient (Wildman–Crippen LogP) is 0.409. The van der Waals surface area contributed by atoms with Crippen LogP contribution in [0.1, 0.15) is 32.6 Å². The molecular formula is C10H20N2O2. The number of amides is 1. The number of nitrogens with one attached hydrogen (secondary N) is 1. The lowest BCUT2D eigenvalue weighted by Crippen LogP contribution is -2.47. The van der Waals surface area contributed by atoms with Crippen molar-refractivity contribution in [3.05, 3.63) is 0 Å². The van der Waals surface area contributed by atoms with Crippen molar-refractivity contribution >= 4 is 5.91 Å². The molecule has 1 fully saturated rings. The third-order valence-corrected chi connectivity index (χ3v) is 2.50. The summed E-state index contributed by atoms with van der Waals surface area (Å²) in [6.07, 6.45) is 3.52. The number of ether oxygens (including phenoxy) is 1. The van der Waals surface area contributed by atoms with Gasteiger partial charge in [0.05, 0.1) is 6.04 Å².